The Morgan fingerprint density at radius 2 is 2.39 bits per heavy atom. The Morgan fingerprint density at radius 1 is 1.67 bits per heavy atom. The van der Waals surface area contributed by atoms with E-state index < -0.39 is 11.8 Å². The smallest absolute Gasteiger partial charge is 0.349 e. The van der Waals surface area contributed by atoms with Crippen molar-refractivity contribution in [3.8, 4) is 0 Å². The van der Waals surface area contributed by atoms with Crippen LogP contribution < -0.4 is 5.32 Å². The minimum Gasteiger partial charge on any atom is -0.349 e. The summed E-state index contributed by atoms with van der Waals surface area (Å²) in [5.74, 6) is 0.680. The normalized spacial score (nSPS) is 20.8. The van der Waals surface area contributed by atoms with Crippen LogP contribution in [-0.4, -0.2) is 41.1 Å². The molecule has 0 aromatic rings. The number of hydrazone groups is 1. The van der Waals surface area contributed by atoms with Gasteiger partial charge in [0.25, 0.3) is 5.96 Å². The molecule has 1 saturated heterocycles. The maximum absolute atomic E-state index is 12.7. The predicted molar refractivity (Wildman–Crippen MR) is 71.1 cm³/mol. The maximum Gasteiger partial charge on any atom is 0.356 e. The van der Waals surface area contributed by atoms with Gasteiger partial charge in [0.15, 0.2) is 5.03 Å². The van der Waals surface area contributed by atoms with Gasteiger partial charge in [-0.2, -0.15) is 0 Å². The van der Waals surface area contributed by atoms with Crippen molar-refractivity contribution in [3.05, 3.63) is 10.1 Å². The molecule has 104 valence electrons. The summed E-state index contributed by atoms with van der Waals surface area (Å²) in [6.07, 6.45) is 0.852. The van der Waals surface area contributed by atoms with Crippen molar-refractivity contribution < 1.29 is 14.1 Å². The Bertz CT molecular complexity index is 378. The minimum atomic E-state index is -3.14. The molecule has 0 aliphatic carbocycles. The van der Waals surface area contributed by atoms with Crippen LogP contribution in [0.4, 0.5) is 0 Å². The van der Waals surface area contributed by atoms with E-state index in [0.29, 0.717) is 18.8 Å². The van der Waals surface area contributed by atoms with Crippen LogP contribution in [0.3, 0.4) is 0 Å². The van der Waals surface area contributed by atoms with E-state index in [1.165, 1.54) is 16.1 Å². The van der Waals surface area contributed by atoms with Gasteiger partial charge in [-0.05, 0) is 24.7 Å². The lowest BCUT2D eigenvalue weighted by Crippen LogP contribution is -2.28. The quantitative estimate of drug-likeness (QED) is 0.434. The van der Waals surface area contributed by atoms with Gasteiger partial charge in [-0.15, -0.1) is 0 Å². The number of hydrogen-bond donors (Lipinski definition) is 1. The van der Waals surface area contributed by atoms with Gasteiger partial charge in [0.2, 0.25) is 0 Å². The van der Waals surface area contributed by atoms with Crippen LogP contribution in [0.2, 0.25) is 0 Å². The van der Waals surface area contributed by atoms with E-state index in [0.717, 1.165) is 6.42 Å². The zero-order valence-corrected chi connectivity index (χ0v) is 12.1. The molecule has 1 unspecified atom stereocenters. The lowest BCUT2D eigenvalue weighted by Gasteiger charge is -2.25. The first-order chi connectivity index (χ1) is 8.53. The second kappa shape index (κ2) is 6.96. The van der Waals surface area contributed by atoms with Crippen LogP contribution in [0.25, 0.3) is 0 Å². The molecule has 1 heterocycles. The van der Waals surface area contributed by atoms with Crippen LogP contribution in [0.15, 0.2) is 5.10 Å². The second-order valence-electron chi connectivity index (χ2n) is 3.43. The Hall–Kier alpha value is -0.790. The summed E-state index contributed by atoms with van der Waals surface area (Å²) in [5.41, 5.74) is 0. The van der Waals surface area contributed by atoms with E-state index >= 15 is 0 Å². The highest BCUT2D eigenvalue weighted by atomic mass is 32.7. The van der Waals surface area contributed by atoms with Crippen LogP contribution in [0.5, 0.6) is 0 Å². The number of hydrogen-bond acceptors (Lipinski definition) is 5. The Balaban J connectivity index is 2.90. The first kappa shape index (κ1) is 15.3. The number of nitrogens with zero attached hydrogens (tertiary/aromatic N) is 3. The third kappa shape index (κ3) is 3.86. The zero-order chi connectivity index (χ0) is 13.6. The van der Waals surface area contributed by atoms with Gasteiger partial charge in [-0.25, -0.2) is 10.1 Å². The predicted octanol–water partition coefficient (Wildman–Crippen LogP) is 1.73. The molecule has 1 N–H and O–H groups in total. The van der Waals surface area contributed by atoms with Crippen molar-refractivity contribution in [2.45, 2.75) is 20.3 Å². The van der Waals surface area contributed by atoms with Crippen molar-refractivity contribution in [3.63, 3.8) is 0 Å². The summed E-state index contributed by atoms with van der Waals surface area (Å²) < 4.78 is 19.4. The molecule has 1 atom stereocenters. The Morgan fingerprint density at radius 3 is 2.94 bits per heavy atom. The van der Waals surface area contributed by atoms with Gasteiger partial charge in [-0.1, -0.05) is 6.92 Å². The monoisotopic (exact) mass is 296 g/mol. The topological polar surface area (TPSA) is 97.1 Å². The first-order valence-electron chi connectivity index (χ1n) is 5.67. The highest BCUT2D eigenvalue weighted by Gasteiger charge is 2.39. The number of guanidine groups is 1. The van der Waals surface area contributed by atoms with Crippen molar-refractivity contribution in [2.75, 3.05) is 25.4 Å². The summed E-state index contributed by atoms with van der Waals surface area (Å²) in [5, 5.41) is 15.6. The van der Waals surface area contributed by atoms with E-state index in [4.69, 9.17) is 4.52 Å². The van der Waals surface area contributed by atoms with Crippen LogP contribution >= 0.6 is 18.1 Å². The zero-order valence-electron chi connectivity index (χ0n) is 10.4. The lowest BCUT2D eigenvalue weighted by molar-refractivity contribution is -0.485. The fourth-order valence-electron chi connectivity index (χ4n) is 1.42. The van der Waals surface area contributed by atoms with E-state index in [9.17, 15) is 14.7 Å². The fraction of sp³-hybridized carbons (Fsp3) is 0.875. The van der Waals surface area contributed by atoms with Crippen molar-refractivity contribution >= 4 is 24.1 Å². The molecule has 0 aromatic carbocycles. The van der Waals surface area contributed by atoms with Crippen LogP contribution in [0, 0.1) is 10.1 Å². The first-order valence-corrected chi connectivity index (χ1v) is 8.84. The third-order valence-electron chi connectivity index (χ3n) is 2.07. The van der Waals surface area contributed by atoms with Gasteiger partial charge >= 0.3 is 6.72 Å². The Labute approximate surface area is 110 Å². The average molecular weight is 296 g/mol. The molecule has 10 heteroatoms. The largest absolute Gasteiger partial charge is 0.356 e. The van der Waals surface area contributed by atoms with Gasteiger partial charge in [0.05, 0.1) is 6.61 Å². The molecule has 1 aliphatic heterocycles. The summed E-state index contributed by atoms with van der Waals surface area (Å²) in [4.78, 5) is 10.4. The van der Waals surface area contributed by atoms with Crippen LogP contribution in [0.1, 0.15) is 20.3 Å². The SMILES string of the molecule is CCCSP(=O)(OCC)N1CCNC1=N[N+](=O)[O-]. The molecule has 0 amide bonds. The summed E-state index contributed by atoms with van der Waals surface area (Å²) >= 11 is 1.19. The van der Waals surface area contributed by atoms with Gasteiger partial charge < -0.3 is 9.84 Å². The maximum atomic E-state index is 12.7. The molecule has 8 nitrogen and oxygen atoms in total. The molecule has 1 fully saturated rings. The molecular formula is C8H17N4O4PS. The van der Waals surface area contributed by atoms with E-state index in [-0.39, 0.29) is 12.6 Å². The summed E-state index contributed by atoms with van der Waals surface area (Å²) in [6.45, 7) is 1.72. The summed E-state index contributed by atoms with van der Waals surface area (Å²) in [7, 11) is 0. The average Bonchev–Trinajstić information content (AvgIpc) is 2.74. The molecule has 0 aromatic heterocycles. The number of nitro groups is 1. The molecule has 0 bridgehead atoms. The van der Waals surface area contributed by atoms with E-state index in [2.05, 4.69) is 10.4 Å². The third-order valence-corrected chi connectivity index (χ3v) is 6.99. The van der Waals surface area contributed by atoms with Gasteiger partial charge in [-0.3, -0.25) is 9.24 Å². The summed E-state index contributed by atoms with van der Waals surface area (Å²) in [6, 6.07) is 0. The van der Waals surface area contributed by atoms with E-state index in [1.54, 1.807) is 6.92 Å². The molecule has 1 rings (SSSR count). The molecule has 0 spiro atoms. The standard InChI is InChI=1S/C8H17N4O4PS/c1-3-7-18-17(15,16-4-2)11-6-5-9-8(11)10-12(13)14/h3-7H2,1-2H3,(H,9,10). The lowest BCUT2D eigenvalue weighted by atomic mass is 10.6. The fourth-order valence-corrected chi connectivity index (χ4v) is 5.88. The van der Waals surface area contributed by atoms with Gasteiger partial charge in [0.1, 0.15) is 5.10 Å². The molecule has 0 radical (unpaired) electrons. The minimum absolute atomic E-state index is 0.0142. The van der Waals surface area contributed by atoms with Crippen molar-refractivity contribution in [2.24, 2.45) is 5.10 Å². The van der Waals surface area contributed by atoms with Crippen molar-refractivity contribution in [1.82, 2.24) is 9.99 Å². The van der Waals surface area contributed by atoms with Crippen LogP contribution in [-0.2, 0) is 9.09 Å². The molecular weight excluding hydrogens is 279 g/mol. The molecule has 0 saturated carbocycles. The highest BCUT2D eigenvalue weighted by Crippen LogP contribution is 2.62. The van der Waals surface area contributed by atoms with Gasteiger partial charge in [0, 0.05) is 18.8 Å². The molecule has 18 heavy (non-hydrogen) atoms. The molecule has 1 aliphatic rings. The van der Waals surface area contributed by atoms with Crippen molar-refractivity contribution in [1.29, 1.82) is 0 Å². The highest BCUT2D eigenvalue weighted by molar-refractivity contribution is 8.56. The van der Waals surface area contributed by atoms with E-state index in [1.807, 2.05) is 6.92 Å². The Kier molecular flexibility index (Phi) is 5.90. The number of rotatable bonds is 7. The second-order valence-corrected chi connectivity index (χ2v) is 7.93. The number of nitrogens with one attached hydrogen (secondary N) is 1.